The zero-order valence-electron chi connectivity index (χ0n) is 14.3. The van der Waals surface area contributed by atoms with Gasteiger partial charge in [-0.05, 0) is 48.7 Å². The maximum Gasteiger partial charge on any atom is 0.238 e. The molecule has 3 rings (SSSR count). The van der Waals surface area contributed by atoms with Gasteiger partial charge in [0.05, 0.1) is 4.90 Å². The summed E-state index contributed by atoms with van der Waals surface area (Å²) in [4.78, 5) is -0.142. The summed E-state index contributed by atoms with van der Waals surface area (Å²) < 4.78 is 51.9. The zero-order chi connectivity index (χ0) is 19.1. The number of aryl methyl sites for hydroxylation is 2. The molecule has 3 nitrogen and oxygen atoms in total. The average molecular weight is 373 g/mol. The fourth-order valence-electron chi connectivity index (χ4n) is 3.08. The first kappa shape index (κ1) is 18.2. The monoisotopic (exact) mass is 373 g/mol. The molecule has 0 amide bonds. The molecule has 0 aliphatic carbocycles. The first-order valence-corrected chi connectivity index (χ1v) is 9.41. The Hall–Kier alpha value is -2.57. The van der Waals surface area contributed by atoms with Crippen molar-refractivity contribution in [3.05, 3.63) is 77.4 Å². The Kier molecular flexibility index (Phi) is 4.64. The van der Waals surface area contributed by atoms with Crippen LogP contribution in [0.2, 0.25) is 0 Å². The second-order valence-electron chi connectivity index (χ2n) is 6.23. The summed E-state index contributed by atoms with van der Waals surface area (Å²) in [5, 5.41) is 5.30. The molecule has 6 heteroatoms. The number of halogens is 2. The number of sulfonamides is 1. The van der Waals surface area contributed by atoms with Gasteiger partial charge >= 0.3 is 0 Å². The zero-order valence-corrected chi connectivity index (χ0v) is 15.1. The van der Waals surface area contributed by atoms with E-state index in [0.29, 0.717) is 11.1 Å². The van der Waals surface area contributed by atoms with Crippen molar-refractivity contribution in [3.8, 4) is 22.3 Å². The molecule has 0 radical (unpaired) electrons. The standard InChI is InChI=1S/C20H17F2NO2S/c1-12-7-13(2)9-14(8-12)16-10-18(21)19(22)11-17(16)15-5-3-4-6-20(15)26(23,24)25/h3-11H,1-2H3,(H2,23,24,25). The summed E-state index contributed by atoms with van der Waals surface area (Å²) >= 11 is 0. The van der Waals surface area contributed by atoms with Gasteiger partial charge in [-0.1, -0.05) is 47.5 Å². The smallest absolute Gasteiger partial charge is 0.225 e. The SMILES string of the molecule is Cc1cc(C)cc(-c2cc(F)c(F)cc2-c2ccccc2S(N)(=O)=O)c1. The third-order valence-corrected chi connectivity index (χ3v) is 5.05. The molecular weight excluding hydrogens is 356 g/mol. The fraction of sp³-hybridized carbons (Fsp3) is 0.100. The second-order valence-corrected chi connectivity index (χ2v) is 7.76. The highest BCUT2D eigenvalue weighted by Gasteiger charge is 2.20. The van der Waals surface area contributed by atoms with Gasteiger partial charge in [0.25, 0.3) is 0 Å². The highest BCUT2D eigenvalue weighted by Crippen LogP contribution is 2.37. The van der Waals surface area contributed by atoms with E-state index in [1.807, 2.05) is 32.0 Å². The molecule has 0 saturated heterocycles. The number of benzene rings is 3. The Morgan fingerprint density at radius 1 is 0.769 bits per heavy atom. The fourth-order valence-corrected chi connectivity index (χ4v) is 3.83. The van der Waals surface area contributed by atoms with Crippen LogP contribution in [0, 0.1) is 25.5 Å². The summed E-state index contributed by atoms with van der Waals surface area (Å²) in [6.45, 7) is 3.79. The summed E-state index contributed by atoms with van der Waals surface area (Å²) in [7, 11) is -4.04. The van der Waals surface area contributed by atoms with Gasteiger partial charge in [0.2, 0.25) is 10.0 Å². The number of rotatable bonds is 3. The third-order valence-electron chi connectivity index (χ3n) is 4.08. The highest BCUT2D eigenvalue weighted by molar-refractivity contribution is 7.89. The minimum absolute atomic E-state index is 0.142. The van der Waals surface area contributed by atoms with Gasteiger partial charge in [-0.15, -0.1) is 0 Å². The number of nitrogens with two attached hydrogens (primary N) is 1. The number of hydrogen-bond acceptors (Lipinski definition) is 2. The predicted molar refractivity (Wildman–Crippen MR) is 98.1 cm³/mol. The van der Waals surface area contributed by atoms with Crippen LogP contribution in [0.3, 0.4) is 0 Å². The van der Waals surface area contributed by atoms with E-state index in [2.05, 4.69) is 0 Å². The van der Waals surface area contributed by atoms with Crippen molar-refractivity contribution in [2.24, 2.45) is 5.14 Å². The Balaban J connectivity index is 2.39. The lowest BCUT2D eigenvalue weighted by Gasteiger charge is -2.15. The molecule has 0 aliphatic rings. The second kappa shape index (κ2) is 6.63. The van der Waals surface area contributed by atoms with E-state index < -0.39 is 21.7 Å². The van der Waals surface area contributed by atoms with E-state index in [1.165, 1.54) is 18.2 Å². The molecular formula is C20H17F2NO2S. The van der Waals surface area contributed by atoms with Crippen molar-refractivity contribution >= 4 is 10.0 Å². The highest BCUT2D eigenvalue weighted by atomic mass is 32.2. The first-order chi connectivity index (χ1) is 12.2. The van der Waals surface area contributed by atoms with Crippen LogP contribution in [-0.4, -0.2) is 8.42 Å². The van der Waals surface area contributed by atoms with Gasteiger partial charge < -0.3 is 0 Å². The van der Waals surface area contributed by atoms with Crippen LogP contribution < -0.4 is 5.14 Å². The minimum Gasteiger partial charge on any atom is -0.225 e. The van der Waals surface area contributed by atoms with Crippen LogP contribution in [0.4, 0.5) is 8.78 Å². The van der Waals surface area contributed by atoms with Gasteiger partial charge in [0.1, 0.15) is 0 Å². The quantitative estimate of drug-likeness (QED) is 0.731. The minimum atomic E-state index is -4.04. The number of primary sulfonamides is 1. The van der Waals surface area contributed by atoms with Crippen LogP contribution in [0.1, 0.15) is 11.1 Å². The van der Waals surface area contributed by atoms with Crippen LogP contribution >= 0.6 is 0 Å². The molecule has 0 unspecified atom stereocenters. The molecule has 0 aromatic heterocycles. The number of hydrogen-bond donors (Lipinski definition) is 1. The van der Waals surface area contributed by atoms with Gasteiger partial charge in [-0.3, -0.25) is 0 Å². The summed E-state index contributed by atoms with van der Waals surface area (Å²) in [6, 6.07) is 13.7. The Labute approximate surface area is 151 Å². The molecule has 3 aromatic rings. The maximum atomic E-state index is 14.0. The van der Waals surface area contributed by atoms with E-state index in [4.69, 9.17) is 5.14 Å². The van der Waals surface area contributed by atoms with E-state index in [-0.39, 0.29) is 16.0 Å². The van der Waals surface area contributed by atoms with Crippen LogP contribution in [0.25, 0.3) is 22.3 Å². The maximum absolute atomic E-state index is 14.0. The molecule has 0 saturated carbocycles. The largest absolute Gasteiger partial charge is 0.238 e. The van der Waals surface area contributed by atoms with Crippen molar-refractivity contribution < 1.29 is 17.2 Å². The van der Waals surface area contributed by atoms with E-state index in [0.717, 1.165) is 23.3 Å². The van der Waals surface area contributed by atoms with Crippen molar-refractivity contribution in [2.45, 2.75) is 18.7 Å². The van der Waals surface area contributed by atoms with Crippen LogP contribution in [-0.2, 0) is 10.0 Å². The Morgan fingerprint density at radius 3 is 1.88 bits per heavy atom. The molecule has 134 valence electrons. The van der Waals surface area contributed by atoms with Crippen LogP contribution in [0.15, 0.2) is 59.5 Å². The van der Waals surface area contributed by atoms with Gasteiger partial charge in [0.15, 0.2) is 11.6 Å². The van der Waals surface area contributed by atoms with Crippen LogP contribution in [0.5, 0.6) is 0 Å². The first-order valence-electron chi connectivity index (χ1n) is 7.87. The van der Waals surface area contributed by atoms with E-state index in [9.17, 15) is 17.2 Å². The molecule has 0 aliphatic heterocycles. The van der Waals surface area contributed by atoms with Crippen molar-refractivity contribution in [3.63, 3.8) is 0 Å². The molecule has 0 atom stereocenters. The van der Waals surface area contributed by atoms with Gasteiger partial charge in [-0.25, -0.2) is 22.3 Å². The topological polar surface area (TPSA) is 60.2 Å². The van der Waals surface area contributed by atoms with Gasteiger partial charge in [-0.2, -0.15) is 0 Å². The van der Waals surface area contributed by atoms with Crippen molar-refractivity contribution in [1.82, 2.24) is 0 Å². The molecule has 3 aromatic carbocycles. The molecule has 0 spiro atoms. The molecule has 0 heterocycles. The van der Waals surface area contributed by atoms with Gasteiger partial charge in [0, 0.05) is 5.56 Å². The lowest BCUT2D eigenvalue weighted by atomic mass is 9.92. The lowest BCUT2D eigenvalue weighted by Crippen LogP contribution is -2.13. The average Bonchev–Trinajstić information content (AvgIpc) is 2.55. The normalized spacial score (nSPS) is 11.6. The summed E-state index contributed by atoms with van der Waals surface area (Å²) in [5.74, 6) is -2.06. The Morgan fingerprint density at radius 2 is 1.31 bits per heavy atom. The molecule has 0 bridgehead atoms. The lowest BCUT2D eigenvalue weighted by molar-refractivity contribution is 0.509. The molecule has 0 fully saturated rings. The molecule has 26 heavy (non-hydrogen) atoms. The van der Waals surface area contributed by atoms with E-state index >= 15 is 0 Å². The van der Waals surface area contributed by atoms with Crippen molar-refractivity contribution in [1.29, 1.82) is 0 Å². The van der Waals surface area contributed by atoms with Crippen molar-refractivity contribution in [2.75, 3.05) is 0 Å². The van der Waals surface area contributed by atoms with E-state index in [1.54, 1.807) is 6.07 Å². The summed E-state index contributed by atoms with van der Waals surface area (Å²) in [6.07, 6.45) is 0. The summed E-state index contributed by atoms with van der Waals surface area (Å²) in [5.41, 5.74) is 3.46. The Bertz CT molecular complexity index is 1090. The third kappa shape index (κ3) is 3.52. The molecule has 2 N–H and O–H groups in total. The predicted octanol–water partition coefficient (Wildman–Crippen LogP) is 4.56.